The zero-order valence-corrected chi connectivity index (χ0v) is 11.6. The van der Waals surface area contributed by atoms with Gasteiger partial charge in [-0.2, -0.15) is 0 Å². The van der Waals surface area contributed by atoms with Crippen molar-refractivity contribution < 1.29 is 14.3 Å². The fourth-order valence-electron chi connectivity index (χ4n) is 1.84. The van der Waals surface area contributed by atoms with Crippen molar-refractivity contribution in [3.05, 3.63) is 59.2 Å². The normalized spacial score (nSPS) is 10.2. The molecule has 0 atom stereocenters. The third-order valence-electron chi connectivity index (χ3n) is 2.89. The molecule has 0 aliphatic heterocycles. The molecule has 1 aromatic carbocycles. The molecule has 6 heteroatoms. The van der Waals surface area contributed by atoms with Gasteiger partial charge in [-0.05, 0) is 36.8 Å². The average Bonchev–Trinajstić information content (AvgIpc) is 2.46. The van der Waals surface area contributed by atoms with Crippen molar-refractivity contribution >= 4 is 11.7 Å². The number of benzene rings is 1. The summed E-state index contributed by atoms with van der Waals surface area (Å²) in [5.41, 5.74) is 2.37. The van der Waals surface area contributed by atoms with Crippen molar-refractivity contribution in [2.45, 2.75) is 20.1 Å². The Balaban J connectivity index is 1.92. The number of halogens is 1. The predicted molar refractivity (Wildman–Crippen MR) is 77.2 cm³/mol. The number of rotatable bonds is 4. The summed E-state index contributed by atoms with van der Waals surface area (Å²) in [6, 6.07) is 7.43. The Morgan fingerprint density at radius 2 is 2.14 bits per heavy atom. The predicted octanol–water partition coefficient (Wildman–Crippen LogP) is 2.34. The van der Waals surface area contributed by atoms with Crippen molar-refractivity contribution in [3.63, 3.8) is 0 Å². The van der Waals surface area contributed by atoms with Gasteiger partial charge in [0, 0.05) is 29.7 Å². The Kier molecular flexibility index (Phi) is 4.84. The summed E-state index contributed by atoms with van der Waals surface area (Å²) >= 11 is 0. The number of aliphatic hydroxyl groups is 1. The van der Waals surface area contributed by atoms with Gasteiger partial charge < -0.3 is 15.7 Å². The molecule has 0 fully saturated rings. The Bertz CT molecular complexity index is 647. The van der Waals surface area contributed by atoms with Crippen LogP contribution in [0.4, 0.5) is 14.9 Å². The second-order valence-electron chi connectivity index (χ2n) is 4.58. The fourth-order valence-corrected chi connectivity index (χ4v) is 1.84. The molecule has 2 aromatic rings. The molecule has 0 saturated heterocycles. The van der Waals surface area contributed by atoms with E-state index in [9.17, 15) is 9.18 Å². The van der Waals surface area contributed by atoms with Crippen LogP contribution >= 0.6 is 0 Å². The van der Waals surface area contributed by atoms with Gasteiger partial charge in [-0.1, -0.05) is 6.07 Å². The van der Waals surface area contributed by atoms with E-state index in [1.807, 2.05) is 6.92 Å². The number of urea groups is 1. The number of carbonyl (C=O) groups is 1. The maximum atomic E-state index is 13.2. The van der Waals surface area contributed by atoms with Crippen LogP contribution in [-0.4, -0.2) is 16.1 Å². The fraction of sp³-hybridized carbons (Fsp3) is 0.200. The molecular weight excluding hydrogens is 273 g/mol. The molecule has 5 nitrogen and oxygen atoms in total. The Morgan fingerprint density at radius 1 is 1.33 bits per heavy atom. The molecule has 1 heterocycles. The average molecular weight is 289 g/mol. The molecule has 0 aliphatic rings. The first-order valence-corrected chi connectivity index (χ1v) is 6.44. The van der Waals surface area contributed by atoms with Gasteiger partial charge in [-0.3, -0.25) is 4.98 Å². The highest BCUT2D eigenvalue weighted by atomic mass is 19.1. The molecular formula is C15H16FN3O2. The number of anilines is 1. The van der Waals surface area contributed by atoms with E-state index in [0.29, 0.717) is 11.3 Å². The van der Waals surface area contributed by atoms with Crippen molar-refractivity contribution in [2.75, 3.05) is 5.32 Å². The number of aliphatic hydroxyl groups excluding tert-OH is 1. The summed E-state index contributed by atoms with van der Waals surface area (Å²) in [6.45, 7) is 1.70. The van der Waals surface area contributed by atoms with Crippen LogP contribution in [0.15, 0.2) is 36.5 Å². The smallest absolute Gasteiger partial charge is 0.319 e. The Morgan fingerprint density at radius 3 is 2.86 bits per heavy atom. The van der Waals surface area contributed by atoms with E-state index in [0.717, 1.165) is 5.69 Å². The van der Waals surface area contributed by atoms with E-state index in [4.69, 9.17) is 5.11 Å². The summed E-state index contributed by atoms with van der Waals surface area (Å²) in [5.74, 6) is -0.460. The van der Waals surface area contributed by atoms with E-state index in [1.54, 1.807) is 24.4 Å². The van der Waals surface area contributed by atoms with Crippen molar-refractivity contribution in [1.29, 1.82) is 0 Å². The highest BCUT2D eigenvalue weighted by Crippen LogP contribution is 2.11. The lowest BCUT2D eigenvalue weighted by atomic mass is 10.1. The van der Waals surface area contributed by atoms with Crippen LogP contribution in [0.3, 0.4) is 0 Å². The van der Waals surface area contributed by atoms with Gasteiger partial charge in [0.05, 0.1) is 6.61 Å². The molecule has 2 amide bonds. The van der Waals surface area contributed by atoms with E-state index in [2.05, 4.69) is 15.6 Å². The van der Waals surface area contributed by atoms with Gasteiger partial charge >= 0.3 is 6.03 Å². The molecule has 21 heavy (non-hydrogen) atoms. The van der Waals surface area contributed by atoms with Gasteiger partial charge in [0.2, 0.25) is 0 Å². The highest BCUT2D eigenvalue weighted by molar-refractivity contribution is 5.89. The van der Waals surface area contributed by atoms with E-state index >= 15 is 0 Å². The second-order valence-corrected chi connectivity index (χ2v) is 4.58. The van der Waals surface area contributed by atoms with Crippen LogP contribution in [0.2, 0.25) is 0 Å². The van der Waals surface area contributed by atoms with Crippen LogP contribution in [0.25, 0.3) is 0 Å². The highest BCUT2D eigenvalue weighted by Gasteiger charge is 2.05. The third-order valence-corrected chi connectivity index (χ3v) is 2.89. The molecule has 3 N–H and O–H groups in total. The minimum Gasteiger partial charge on any atom is -0.392 e. The maximum Gasteiger partial charge on any atom is 0.319 e. The molecule has 0 saturated carbocycles. The number of hydrogen-bond acceptors (Lipinski definition) is 3. The minimum atomic E-state index is -0.460. The van der Waals surface area contributed by atoms with Crippen molar-refractivity contribution in [2.24, 2.45) is 0 Å². The number of hydrogen-bond donors (Lipinski definition) is 3. The summed E-state index contributed by atoms with van der Waals surface area (Å²) in [7, 11) is 0. The molecule has 0 bridgehead atoms. The monoisotopic (exact) mass is 289 g/mol. The van der Waals surface area contributed by atoms with Crippen molar-refractivity contribution in [1.82, 2.24) is 10.3 Å². The lowest BCUT2D eigenvalue weighted by Crippen LogP contribution is -2.28. The first-order valence-electron chi connectivity index (χ1n) is 6.44. The van der Waals surface area contributed by atoms with Gasteiger partial charge in [-0.25, -0.2) is 9.18 Å². The first-order chi connectivity index (χ1) is 10.1. The summed E-state index contributed by atoms with van der Waals surface area (Å²) < 4.78 is 13.2. The number of nitrogens with zero attached hydrogens (tertiary/aromatic N) is 1. The Hall–Kier alpha value is -2.47. The SMILES string of the molecule is Cc1cc(NC(=O)NCc2ccc(F)c(CO)c2)ccn1. The molecule has 0 radical (unpaired) electrons. The van der Waals surface area contributed by atoms with E-state index < -0.39 is 5.82 Å². The topological polar surface area (TPSA) is 74.2 Å². The molecule has 0 spiro atoms. The maximum absolute atomic E-state index is 13.2. The van der Waals surface area contributed by atoms with Crippen LogP contribution in [0.1, 0.15) is 16.8 Å². The first kappa shape index (κ1) is 14.9. The van der Waals surface area contributed by atoms with Crippen LogP contribution in [-0.2, 0) is 13.2 Å². The van der Waals surface area contributed by atoms with Gasteiger partial charge in [0.25, 0.3) is 0 Å². The molecule has 0 aliphatic carbocycles. The zero-order valence-electron chi connectivity index (χ0n) is 11.6. The molecule has 1 aromatic heterocycles. The number of carbonyl (C=O) groups excluding carboxylic acids is 1. The number of aryl methyl sites for hydroxylation is 1. The quantitative estimate of drug-likeness (QED) is 0.808. The minimum absolute atomic E-state index is 0.208. The van der Waals surface area contributed by atoms with Gasteiger partial charge in [0.1, 0.15) is 5.82 Å². The van der Waals surface area contributed by atoms with E-state index in [-0.39, 0.29) is 24.7 Å². The van der Waals surface area contributed by atoms with Crippen LogP contribution in [0, 0.1) is 12.7 Å². The summed E-state index contributed by atoms with van der Waals surface area (Å²) in [5, 5.41) is 14.3. The van der Waals surface area contributed by atoms with E-state index in [1.165, 1.54) is 12.1 Å². The van der Waals surface area contributed by atoms with Crippen LogP contribution < -0.4 is 10.6 Å². The summed E-state index contributed by atoms with van der Waals surface area (Å²) in [6.07, 6.45) is 1.61. The van der Waals surface area contributed by atoms with Crippen LogP contribution in [0.5, 0.6) is 0 Å². The second kappa shape index (κ2) is 6.81. The number of aromatic nitrogens is 1. The number of nitrogens with one attached hydrogen (secondary N) is 2. The Labute approximate surface area is 121 Å². The number of pyridine rings is 1. The zero-order chi connectivity index (χ0) is 15.2. The third kappa shape index (κ3) is 4.25. The number of amides is 2. The molecule has 2 rings (SSSR count). The standard InChI is InChI=1S/C15H16FN3O2/c1-10-6-13(4-5-17-10)19-15(21)18-8-11-2-3-14(16)12(7-11)9-20/h2-7,20H,8-9H2,1H3,(H2,17,18,19,21). The molecule has 110 valence electrons. The summed E-state index contributed by atoms with van der Waals surface area (Å²) in [4.78, 5) is 15.8. The van der Waals surface area contributed by atoms with Gasteiger partial charge in [0.15, 0.2) is 0 Å². The van der Waals surface area contributed by atoms with Crippen molar-refractivity contribution in [3.8, 4) is 0 Å². The molecule has 0 unspecified atom stereocenters. The lowest BCUT2D eigenvalue weighted by molar-refractivity contribution is 0.251. The van der Waals surface area contributed by atoms with Gasteiger partial charge in [-0.15, -0.1) is 0 Å². The lowest BCUT2D eigenvalue weighted by Gasteiger charge is -2.09. The largest absolute Gasteiger partial charge is 0.392 e.